The van der Waals surface area contributed by atoms with Crippen LogP contribution in [0, 0.1) is 10.1 Å². The topological polar surface area (TPSA) is 87.0 Å². The maximum Gasteiger partial charge on any atom is 0.269 e. The third-order valence-corrected chi connectivity index (χ3v) is 3.85. The van der Waals surface area contributed by atoms with Gasteiger partial charge in [0, 0.05) is 42.2 Å². The Bertz CT molecular complexity index is 903. The predicted octanol–water partition coefficient (Wildman–Crippen LogP) is 3.14. The van der Waals surface area contributed by atoms with Crippen LogP contribution in [0.5, 0.6) is 0 Å². The molecule has 0 saturated carbocycles. The Morgan fingerprint density at radius 1 is 1.25 bits per heavy atom. The van der Waals surface area contributed by atoms with E-state index in [4.69, 9.17) is 18.0 Å². The Labute approximate surface area is 143 Å². The Morgan fingerprint density at radius 3 is 2.67 bits per heavy atom. The van der Waals surface area contributed by atoms with E-state index in [0.717, 1.165) is 22.5 Å². The molecule has 0 aliphatic carbocycles. The van der Waals surface area contributed by atoms with E-state index in [1.54, 1.807) is 18.3 Å². The van der Waals surface area contributed by atoms with Gasteiger partial charge >= 0.3 is 0 Å². The van der Waals surface area contributed by atoms with Crippen LogP contribution in [0.15, 0.2) is 60.9 Å². The third-order valence-electron chi connectivity index (χ3n) is 3.62. The average Bonchev–Trinajstić information content (AvgIpc) is 3.03. The van der Waals surface area contributed by atoms with E-state index in [0.29, 0.717) is 11.5 Å². The summed E-state index contributed by atoms with van der Waals surface area (Å²) in [5.74, 6) is 0.741. The molecule has 1 heterocycles. The molecule has 0 fully saturated rings. The molecule has 0 atom stereocenters. The highest BCUT2D eigenvalue weighted by Gasteiger charge is 2.10. The third kappa shape index (κ3) is 3.31. The molecule has 0 aliphatic rings. The van der Waals surface area contributed by atoms with Crippen LogP contribution in [0.3, 0.4) is 0 Å². The van der Waals surface area contributed by atoms with E-state index in [1.165, 1.54) is 12.1 Å². The van der Waals surface area contributed by atoms with Crippen LogP contribution < -0.4 is 5.73 Å². The fourth-order valence-electron chi connectivity index (χ4n) is 2.45. The van der Waals surface area contributed by atoms with Gasteiger partial charge in [-0.15, -0.1) is 0 Å². The number of hydrogen-bond donors (Lipinski definition) is 1. The van der Waals surface area contributed by atoms with E-state index < -0.39 is 4.92 Å². The van der Waals surface area contributed by atoms with Gasteiger partial charge < -0.3 is 10.3 Å². The molecule has 0 bridgehead atoms. The molecule has 0 saturated heterocycles. The number of hydrogen-bond acceptors (Lipinski definition) is 4. The summed E-state index contributed by atoms with van der Waals surface area (Å²) in [6.07, 6.45) is 3.57. The quantitative estimate of drug-likeness (QED) is 0.439. The number of rotatable bonds is 5. The largest absolute Gasteiger partial charge is 0.389 e. The molecule has 0 aliphatic heterocycles. The monoisotopic (exact) mass is 338 g/mol. The standard InChI is InChI=1S/C17H14N4O2S/c18-16(24)14-3-1-2-12(10-14)11-20-9-8-19-17(20)13-4-6-15(7-5-13)21(22)23/h1-10H,11H2,(H2,18,24). The first-order valence-corrected chi connectivity index (χ1v) is 7.60. The zero-order valence-corrected chi connectivity index (χ0v) is 13.4. The van der Waals surface area contributed by atoms with Crippen molar-refractivity contribution in [2.75, 3.05) is 0 Å². The van der Waals surface area contributed by atoms with Crippen LogP contribution in [-0.4, -0.2) is 19.5 Å². The summed E-state index contributed by atoms with van der Waals surface area (Å²) < 4.78 is 1.97. The first-order chi connectivity index (χ1) is 11.5. The van der Waals surface area contributed by atoms with Crippen molar-refractivity contribution in [1.82, 2.24) is 9.55 Å². The van der Waals surface area contributed by atoms with Crippen LogP contribution in [0.4, 0.5) is 5.69 Å². The Balaban J connectivity index is 1.89. The Hall–Kier alpha value is -3.06. The number of nitrogens with zero attached hydrogens (tertiary/aromatic N) is 3. The molecule has 2 N–H and O–H groups in total. The van der Waals surface area contributed by atoms with Crippen molar-refractivity contribution >= 4 is 22.9 Å². The van der Waals surface area contributed by atoms with Gasteiger partial charge in [-0.05, 0) is 23.8 Å². The summed E-state index contributed by atoms with van der Waals surface area (Å²) in [6.45, 7) is 0.600. The van der Waals surface area contributed by atoms with Crippen molar-refractivity contribution in [1.29, 1.82) is 0 Å². The zero-order chi connectivity index (χ0) is 17.1. The SMILES string of the molecule is NC(=S)c1cccc(Cn2ccnc2-c2ccc([N+](=O)[O-])cc2)c1. The van der Waals surface area contributed by atoms with Crippen LogP contribution in [0.1, 0.15) is 11.1 Å². The molecule has 0 unspecified atom stereocenters. The molecule has 1 aromatic heterocycles. The maximum absolute atomic E-state index is 10.8. The van der Waals surface area contributed by atoms with Gasteiger partial charge in [-0.3, -0.25) is 10.1 Å². The summed E-state index contributed by atoms with van der Waals surface area (Å²) in [5.41, 5.74) is 8.41. The summed E-state index contributed by atoms with van der Waals surface area (Å²) in [5, 5.41) is 10.8. The van der Waals surface area contributed by atoms with Gasteiger partial charge in [0.1, 0.15) is 10.8 Å². The lowest BCUT2D eigenvalue weighted by Crippen LogP contribution is -2.10. The summed E-state index contributed by atoms with van der Waals surface area (Å²) in [4.78, 5) is 15.1. The fourth-order valence-corrected chi connectivity index (χ4v) is 2.58. The molecule has 3 rings (SSSR count). The van der Waals surface area contributed by atoms with E-state index in [-0.39, 0.29) is 5.69 Å². The molecule has 7 heteroatoms. The minimum atomic E-state index is -0.419. The van der Waals surface area contributed by atoms with Crippen LogP contribution in [0.2, 0.25) is 0 Å². The number of non-ortho nitro benzene ring substituents is 1. The van der Waals surface area contributed by atoms with E-state index in [1.807, 2.05) is 35.0 Å². The van der Waals surface area contributed by atoms with Crippen molar-refractivity contribution in [3.8, 4) is 11.4 Å². The molecular weight excluding hydrogens is 324 g/mol. The minimum Gasteiger partial charge on any atom is -0.389 e. The van der Waals surface area contributed by atoms with Crippen molar-refractivity contribution in [3.05, 3.63) is 82.2 Å². The average molecular weight is 338 g/mol. The number of benzene rings is 2. The second-order valence-corrected chi connectivity index (χ2v) is 5.69. The molecule has 0 spiro atoms. The second kappa shape index (κ2) is 6.59. The zero-order valence-electron chi connectivity index (χ0n) is 12.6. The lowest BCUT2D eigenvalue weighted by Gasteiger charge is -2.09. The van der Waals surface area contributed by atoms with E-state index >= 15 is 0 Å². The molecule has 6 nitrogen and oxygen atoms in total. The molecule has 120 valence electrons. The van der Waals surface area contributed by atoms with Crippen LogP contribution >= 0.6 is 12.2 Å². The van der Waals surface area contributed by atoms with E-state index in [2.05, 4.69) is 4.98 Å². The number of nitro groups is 1. The first-order valence-electron chi connectivity index (χ1n) is 7.19. The van der Waals surface area contributed by atoms with Gasteiger partial charge in [0.05, 0.1) is 4.92 Å². The smallest absolute Gasteiger partial charge is 0.269 e. The van der Waals surface area contributed by atoms with E-state index in [9.17, 15) is 10.1 Å². The Morgan fingerprint density at radius 2 is 2.00 bits per heavy atom. The highest BCUT2D eigenvalue weighted by atomic mass is 32.1. The number of thiocarbonyl (C=S) groups is 1. The highest BCUT2D eigenvalue weighted by molar-refractivity contribution is 7.80. The summed E-state index contributed by atoms with van der Waals surface area (Å²) >= 11 is 5.01. The fraction of sp³-hybridized carbons (Fsp3) is 0.0588. The summed E-state index contributed by atoms with van der Waals surface area (Å²) in [6, 6.07) is 14.1. The van der Waals surface area contributed by atoms with Crippen LogP contribution in [-0.2, 0) is 6.54 Å². The summed E-state index contributed by atoms with van der Waals surface area (Å²) in [7, 11) is 0. The van der Waals surface area contributed by atoms with Crippen molar-refractivity contribution in [3.63, 3.8) is 0 Å². The van der Waals surface area contributed by atoms with Gasteiger partial charge in [-0.2, -0.15) is 0 Å². The second-order valence-electron chi connectivity index (χ2n) is 5.25. The highest BCUT2D eigenvalue weighted by Crippen LogP contribution is 2.22. The lowest BCUT2D eigenvalue weighted by atomic mass is 10.1. The van der Waals surface area contributed by atoms with Gasteiger partial charge in [0.2, 0.25) is 0 Å². The van der Waals surface area contributed by atoms with Crippen molar-refractivity contribution in [2.45, 2.75) is 6.54 Å². The van der Waals surface area contributed by atoms with Crippen molar-refractivity contribution < 1.29 is 4.92 Å². The number of aromatic nitrogens is 2. The molecule has 24 heavy (non-hydrogen) atoms. The molecule has 3 aromatic rings. The normalized spacial score (nSPS) is 10.5. The predicted molar refractivity (Wildman–Crippen MR) is 95.7 cm³/mol. The molecule has 2 aromatic carbocycles. The number of nitrogens with two attached hydrogens (primary N) is 1. The van der Waals surface area contributed by atoms with Gasteiger partial charge in [0.25, 0.3) is 5.69 Å². The molecule has 0 radical (unpaired) electrons. The van der Waals surface area contributed by atoms with Gasteiger partial charge in [-0.25, -0.2) is 4.98 Å². The lowest BCUT2D eigenvalue weighted by molar-refractivity contribution is -0.384. The Kier molecular flexibility index (Phi) is 4.35. The van der Waals surface area contributed by atoms with Crippen LogP contribution in [0.25, 0.3) is 11.4 Å². The van der Waals surface area contributed by atoms with Crippen molar-refractivity contribution in [2.24, 2.45) is 5.73 Å². The van der Waals surface area contributed by atoms with Gasteiger partial charge in [-0.1, -0.05) is 30.4 Å². The number of nitro benzene ring substituents is 1. The number of imidazole rings is 1. The molecule has 0 amide bonds. The maximum atomic E-state index is 10.8. The van der Waals surface area contributed by atoms with Gasteiger partial charge in [0.15, 0.2) is 0 Å². The molecular formula is C17H14N4O2S. The first kappa shape index (κ1) is 15.8. The minimum absolute atomic E-state index is 0.0565.